The van der Waals surface area contributed by atoms with Crippen molar-refractivity contribution in [2.45, 2.75) is 26.3 Å². The first-order valence-corrected chi connectivity index (χ1v) is 9.56. The molecule has 1 atom stereocenters. The van der Waals surface area contributed by atoms with E-state index in [9.17, 15) is 14.4 Å². The maximum absolute atomic E-state index is 12.7. The van der Waals surface area contributed by atoms with Crippen LogP contribution in [0.4, 0.5) is 0 Å². The Hall–Kier alpha value is -2.12. The van der Waals surface area contributed by atoms with Gasteiger partial charge in [0.25, 0.3) is 0 Å². The number of hydrogen-bond acceptors (Lipinski definition) is 4. The van der Waals surface area contributed by atoms with Crippen molar-refractivity contribution in [3.05, 3.63) is 34.9 Å². The second-order valence-electron chi connectivity index (χ2n) is 6.62. The molecule has 148 valence electrons. The number of nitrogens with zero attached hydrogens (tertiary/aromatic N) is 2. The van der Waals surface area contributed by atoms with E-state index in [1.807, 2.05) is 24.0 Å². The number of piperazine rings is 1. The van der Waals surface area contributed by atoms with Crippen molar-refractivity contribution in [2.75, 3.05) is 39.3 Å². The second-order valence-corrected chi connectivity index (χ2v) is 7.06. The van der Waals surface area contributed by atoms with Crippen molar-refractivity contribution in [2.24, 2.45) is 0 Å². The van der Waals surface area contributed by atoms with Gasteiger partial charge in [-0.25, -0.2) is 0 Å². The molecule has 27 heavy (non-hydrogen) atoms. The first-order chi connectivity index (χ1) is 12.9. The summed E-state index contributed by atoms with van der Waals surface area (Å²) in [6.45, 7) is 6.77. The quantitative estimate of drug-likeness (QED) is 0.727. The molecular formula is C19H27ClN4O3. The van der Waals surface area contributed by atoms with Crippen molar-refractivity contribution in [3.63, 3.8) is 0 Å². The topological polar surface area (TPSA) is 81.8 Å². The summed E-state index contributed by atoms with van der Waals surface area (Å²) in [5, 5.41) is 6.23. The molecule has 7 nitrogen and oxygen atoms in total. The van der Waals surface area contributed by atoms with Crippen LogP contribution >= 0.6 is 11.6 Å². The molecule has 1 saturated heterocycles. The minimum absolute atomic E-state index is 0.00531. The number of benzene rings is 1. The molecule has 1 unspecified atom stereocenters. The number of halogens is 1. The number of rotatable bonds is 7. The van der Waals surface area contributed by atoms with Gasteiger partial charge < -0.3 is 15.5 Å². The fraction of sp³-hybridized carbons (Fsp3) is 0.526. The van der Waals surface area contributed by atoms with Gasteiger partial charge in [0.2, 0.25) is 17.7 Å². The SMILES string of the molecule is CCNC(=O)CN1CCN(C(=O)CC(NC(C)=O)c2ccc(Cl)cc2)CC1. The third-order valence-electron chi connectivity index (χ3n) is 4.49. The van der Waals surface area contributed by atoms with Gasteiger partial charge in [0, 0.05) is 44.7 Å². The highest BCUT2D eigenvalue weighted by Crippen LogP contribution is 2.21. The minimum atomic E-state index is -0.388. The zero-order chi connectivity index (χ0) is 19.8. The maximum Gasteiger partial charge on any atom is 0.234 e. The maximum atomic E-state index is 12.7. The molecule has 0 saturated carbocycles. The lowest BCUT2D eigenvalue weighted by Crippen LogP contribution is -2.51. The summed E-state index contributed by atoms with van der Waals surface area (Å²) in [6.07, 6.45) is 0.192. The summed E-state index contributed by atoms with van der Waals surface area (Å²) in [6, 6.07) is 6.74. The van der Waals surface area contributed by atoms with E-state index in [1.54, 1.807) is 17.0 Å². The monoisotopic (exact) mass is 394 g/mol. The molecule has 0 radical (unpaired) electrons. The number of likely N-dealkylation sites (N-methyl/N-ethyl adjacent to an activating group) is 1. The lowest BCUT2D eigenvalue weighted by Gasteiger charge is -2.35. The van der Waals surface area contributed by atoms with E-state index in [0.717, 1.165) is 5.56 Å². The molecule has 1 aromatic carbocycles. The Morgan fingerprint density at radius 3 is 2.30 bits per heavy atom. The minimum Gasteiger partial charge on any atom is -0.355 e. The van der Waals surface area contributed by atoms with E-state index >= 15 is 0 Å². The molecule has 8 heteroatoms. The van der Waals surface area contributed by atoms with Crippen LogP contribution < -0.4 is 10.6 Å². The fourth-order valence-corrected chi connectivity index (χ4v) is 3.23. The van der Waals surface area contributed by atoms with E-state index in [4.69, 9.17) is 11.6 Å². The van der Waals surface area contributed by atoms with Gasteiger partial charge in [0.15, 0.2) is 0 Å². The Balaban J connectivity index is 1.91. The average molecular weight is 395 g/mol. The molecule has 2 N–H and O–H groups in total. The van der Waals surface area contributed by atoms with Crippen LogP contribution in [0.3, 0.4) is 0 Å². The number of nitrogens with one attached hydrogen (secondary N) is 2. The standard InChI is InChI=1S/C19H27ClN4O3/c1-3-21-18(26)13-23-8-10-24(11-9-23)19(27)12-17(22-14(2)25)15-4-6-16(20)7-5-15/h4-7,17H,3,8-13H2,1-2H3,(H,21,26)(H,22,25). The largest absolute Gasteiger partial charge is 0.355 e. The fourth-order valence-electron chi connectivity index (χ4n) is 3.11. The van der Waals surface area contributed by atoms with Crippen molar-refractivity contribution >= 4 is 29.3 Å². The van der Waals surface area contributed by atoms with Gasteiger partial charge in [-0.1, -0.05) is 23.7 Å². The van der Waals surface area contributed by atoms with Gasteiger partial charge in [-0.2, -0.15) is 0 Å². The molecule has 3 amide bonds. The molecule has 0 bridgehead atoms. The molecule has 1 heterocycles. The molecule has 0 aliphatic carbocycles. The third kappa shape index (κ3) is 6.84. The van der Waals surface area contributed by atoms with E-state index < -0.39 is 0 Å². The Morgan fingerprint density at radius 1 is 1.11 bits per heavy atom. The Kier molecular flexibility index (Phi) is 8.06. The number of hydrogen-bond donors (Lipinski definition) is 2. The highest BCUT2D eigenvalue weighted by atomic mass is 35.5. The van der Waals surface area contributed by atoms with Gasteiger partial charge in [-0.15, -0.1) is 0 Å². The number of amides is 3. The summed E-state index contributed by atoms with van der Waals surface area (Å²) >= 11 is 5.92. The van der Waals surface area contributed by atoms with Gasteiger partial charge in [-0.05, 0) is 24.6 Å². The normalized spacial score (nSPS) is 15.9. The highest BCUT2D eigenvalue weighted by Gasteiger charge is 2.25. The molecule has 2 rings (SSSR count). The first-order valence-electron chi connectivity index (χ1n) is 9.18. The lowest BCUT2D eigenvalue weighted by atomic mass is 10.0. The van der Waals surface area contributed by atoms with Crippen LogP contribution in [0, 0.1) is 0 Å². The predicted molar refractivity (Wildman–Crippen MR) is 104 cm³/mol. The van der Waals surface area contributed by atoms with Crippen LogP contribution in [0.5, 0.6) is 0 Å². The van der Waals surface area contributed by atoms with E-state index in [1.165, 1.54) is 6.92 Å². The van der Waals surface area contributed by atoms with E-state index in [0.29, 0.717) is 44.3 Å². The first kappa shape index (κ1) is 21.2. The molecule has 1 aliphatic heterocycles. The molecule has 0 aromatic heterocycles. The average Bonchev–Trinajstić information content (AvgIpc) is 2.62. The van der Waals surface area contributed by atoms with Crippen LogP contribution in [0.15, 0.2) is 24.3 Å². The second kappa shape index (κ2) is 10.3. The zero-order valence-corrected chi connectivity index (χ0v) is 16.6. The van der Waals surface area contributed by atoms with Gasteiger partial charge >= 0.3 is 0 Å². The highest BCUT2D eigenvalue weighted by molar-refractivity contribution is 6.30. The summed E-state index contributed by atoms with van der Waals surface area (Å²) < 4.78 is 0. The Morgan fingerprint density at radius 2 is 1.74 bits per heavy atom. The zero-order valence-electron chi connectivity index (χ0n) is 15.8. The Bertz CT molecular complexity index is 657. The summed E-state index contributed by atoms with van der Waals surface area (Å²) in [7, 11) is 0. The molecule has 1 aromatic rings. The summed E-state index contributed by atoms with van der Waals surface area (Å²) in [5.41, 5.74) is 0.845. The van der Waals surface area contributed by atoms with E-state index in [2.05, 4.69) is 10.6 Å². The van der Waals surface area contributed by atoms with Gasteiger partial charge in [-0.3, -0.25) is 19.3 Å². The summed E-state index contributed by atoms with van der Waals surface area (Å²) in [5.74, 6) is -0.193. The number of carbonyl (C=O) groups is 3. The van der Waals surface area contributed by atoms with Crippen LogP contribution in [0.25, 0.3) is 0 Å². The van der Waals surface area contributed by atoms with Crippen LogP contribution in [0.2, 0.25) is 5.02 Å². The number of carbonyl (C=O) groups excluding carboxylic acids is 3. The van der Waals surface area contributed by atoms with Crippen LogP contribution in [-0.4, -0.2) is 66.8 Å². The Labute approximate surface area is 165 Å². The van der Waals surface area contributed by atoms with E-state index in [-0.39, 0.29) is 30.2 Å². The van der Waals surface area contributed by atoms with Crippen molar-refractivity contribution in [1.29, 1.82) is 0 Å². The van der Waals surface area contributed by atoms with Crippen LogP contribution in [0.1, 0.15) is 31.9 Å². The smallest absolute Gasteiger partial charge is 0.234 e. The molecular weight excluding hydrogens is 368 g/mol. The molecule has 1 aliphatic rings. The van der Waals surface area contributed by atoms with Gasteiger partial charge in [0.1, 0.15) is 0 Å². The molecule has 1 fully saturated rings. The molecule has 0 spiro atoms. The third-order valence-corrected chi connectivity index (χ3v) is 4.75. The van der Waals surface area contributed by atoms with Crippen molar-refractivity contribution < 1.29 is 14.4 Å². The van der Waals surface area contributed by atoms with Crippen molar-refractivity contribution in [3.8, 4) is 0 Å². The lowest BCUT2D eigenvalue weighted by molar-refractivity contribution is -0.134. The van der Waals surface area contributed by atoms with Crippen molar-refractivity contribution in [1.82, 2.24) is 20.4 Å². The summed E-state index contributed by atoms with van der Waals surface area (Å²) in [4.78, 5) is 39.8. The van der Waals surface area contributed by atoms with Gasteiger partial charge in [0.05, 0.1) is 19.0 Å². The predicted octanol–water partition coefficient (Wildman–Crippen LogP) is 1.19. The van der Waals surface area contributed by atoms with Crippen LogP contribution in [-0.2, 0) is 14.4 Å².